The van der Waals surface area contributed by atoms with Crippen molar-refractivity contribution in [1.82, 2.24) is 5.32 Å². The van der Waals surface area contributed by atoms with E-state index >= 15 is 0 Å². The number of amides is 1. The molecule has 0 saturated heterocycles. The van der Waals surface area contributed by atoms with Crippen molar-refractivity contribution >= 4 is 20.7 Å². The van der Waals surface area contributed by atoms with Gasteiger partial charge in [0.2, 0.25) is 0 Å². The van der Waals surface area contributed by atoms with Gasteiger partial charge in [-0.2, -0.15) is 0 Å². The number of carbonyl (C=O) groups excluding carboxylic acids is 1. The molecule has 0 aliphatic carbocycles. The first-order valence-corrected chi connectivity index (χ1v) is 4.76. The van der Waals surface area contributed by atoms with Gasteiger partial charge < -0.3 is 5.32 Å². The van der Waals surface area contributed by atoms with Crippen LogP contribution in [0, 0.1) is 11.6 Å². The first-order valence-electron chi connectivity index (χ1n) is 3.97. The molecule has 0 radical (unpaired) electrons. The van der Waals surface area contributed by atoms with Crippen molar-refractivity contribution < 1.29 is 13.6 Å². The average molecular weight is 264 g/mol. The third-order valence-corrected chi connectivity index (χ3v) is 1.95. The van der Waals surface area contributed by atoms with E-state index < -0.39 is 11.6 Å². The minimum absolute atomic E-state index is 0.312. The molecule has 1 amide bonds. The van der Waals surface area contributed by atoms with Crippen LogP contribution in [0.4, 0.5) is 13.6 Å². The van der Waals surface area contributed by atoms with Gasteiger partial charge in [0.15, 0.2) is 0 Å². The van der Waals surface area contributed by atoms with Crippen LogP contribution < -0.4 is 5.32 Å². The van der Waals surface area contributed by atoms with Gasteiger partial charge in [0.1, 0.15) is 11.6 Å². The molecule has 0 spiro atoms. The number of rotatable bonds is 3. The first kappa shape index (κ1) is 11.1. The van der Waals surface area contributed by atoms with E-state index in [1.54, 1.807) is 0 Å². The molecule has 0 aliphatic rings. The molecule has 1 N–H and O–H groups in total. The standard InChI is InChI=1S/C9H8BrF2NO/c10-9(14)13-4-3-6-1-2-7(11)5-8(6)12/h1-2,5H,3-4H2,(H,13,14). The Balaban J connectivity index is 2.55. The van der Waals surface area contributed by atoms with Gasteiger partial charge in [-0.1, -0.05) is 6.07 Å². The van der Waals surface area contributed by atoms with Crippen LogP contribution in [0.25, 0.3) is 0 Å². The molecule has 14 heavy (non-hydrogen) atoms. The predicted octanol–water partition coefficient (Wildman–Crippen LogP) is 2.61. The summed E-state index contributed by atoms with van der Waals surface area (Å²) in [7, 11) is 0. The third-order valence-electron chi connectivity index (χ3n) is 1.67. The van der Waals surface area contributed by atoms with Crippen molar-refractivity contribution in [2.24, 2.45) is 0 Å². The molecular weight excluding hydrogens is 256 g/mol. The van der Waals surface area contributed by atoms with Crippen molar-refractivity contribution in [3.05, 3.63) is 35.4 Å². The normalized spacial score (nSPS) is 9.93. The van der Waals surface area contributed by atoms with E-state index in [1.807, 2.05) is 0 Å². The fraction of sp³-hybridized carbons (Fsp3) is 0.222. The Labute approximate surface area is 88.4 Å². The van der Waals surface area contributed by atoms with Crippen LogP contribution in [0.2, 0.25) is 0 Å². The Kier molecular flexibility index (Phi) is 4.00. The largest absolute Gasteiger partial charge is 0.346 e. The van der Waals surface area contributed by atoms with Crippen LogP contribution in [0.5, 0.6) is 0 Å². The fourth-order valence-electron chi connectivity index (χ4n) is 1.02. The van der Waals surface area contributed by atoms with E-state index in [4.69, 9.17) is 0 Å². The van der Waals surface area contributed by atoms with Crippen molar-refractivity contribution in [3.63, 3.8) is 0 Å². The van der Waals surface area contributed by atoms with Crippen molar-refractivity contribution in [3.8, 4) is 0 Å². The zero-order valence-corrected chi connectivity index (χ0v) is 8.77. The third kappa shape index (κ3) is 3.41. The summed E-state index contributed by atoms with van der Waals surface area (Å²) >= 11 is 2.67. The van der Waals surface area contributed by atoms with Crippen LogP contribution in [0.15, 0.2) is 18.2 Å². The summed E-state index contributed by atoms with van der Waals surface area (Å²) in [4.78, 5) is 10.1. The van der Waals surface area contributed by atoms with Gasteiger partial charge in [-0.3, -0.25) is 4.79 Å². The highest BCUT2D eigenvalue weighted by Gasteiger charge is 2.03. The molecule has 0 unspecified atom stereocenters. The van der Waals surface area contributed by atoms with Gasteiger partial charge in [-0.15, -0.1) is 0 Å². The number of hydrogen-bond donors (Lipinski definition) is 1. The summed E-state index contributed by atoms with van der Waals surface area (Å²) in [6, 6.07) is 3.38. The van der Waals surface area contributed by atoms with Gasteiger partial charge in [0.05, 0.1) is 0 Å². The maximum atomic E-state index is 13.0. The highest BCUT2D eigenvalue weighted by Crippen LogP contribution is 2.09. The summed E-state index contributed by atoms with van der Waals surface area (Å²) < 4.78 is 25.5. The van der Waals surface area contributed by atoms with Crippen LogP contribution in [0.1, 0.15) is 5.56 Å². The highest BCUT2D eigenvalue weighted by molar-refractivity contribution is 9.18. The highest BCUT2D eigenvalue weighted by atomic mass is 79.9. The summed E-state index contributed by atoms with van der Waals surface area (Å²) in [6.45, 7) is 0.312. The number of halogens is 3. The van der Waals surface area contributed by atoms with Gasteiger partial charge in [-0.25, -0.2) is 8.78 Å². The molecule has 0 atom stereocenters. The molecule has 0 bridgehead atoms. The maximum absolute atomic E-state index is 13.0. The molecule has 5 heteroatoms. The first-order chi connectivity index (χ1) is 6.59. The quantitative estimate of drug-likeness (QED) is 0.659. The van der Waals surface area contributed by atoms with E-state index in [-0.39, 0.29) is 4.82 Å². The summed E-state index contributed by atoms with van der Waals surface area (Å²) in [5, 5.41) is 2.45. The second-order valence-electron chi connectivity index (χ2n) is 2.69. The predicted molar refractivity (Wildman–Crippen MR) is 52.4 cm³/mol. The lowest BCUT2D eigenvalue weighted by atomic mass is 10.1. The molecule has 0 fully saturated rings. The Hall–Kier alpha value is -0.970. The van der Waals surface area contributed by atoms with Gasteiger partial charge in [-0.05, 0) is 18.1 Å². The van der Waals surface area contributed by atoms with E-state index in [0.29, 0.717) is 18.5 Å². The van der Waals surface area contributed by atoms with E-state index in [1.165, 1.54) is 12.1 Å². The monoisotopic (exact) mass is 263 g/mol. The van der Waals surface area contributed by atoms with Gasteiger partial charge in [0.25, 0.3) is 4.82 Å². The van der Waals surface area contributed by atoms with E-state index in [9.17, 15) is 13.6 Å². The van der Waals surface area contributed by atoms with Crippen LogP contribution in [-0.4, -0.2) is 11.4 Å². The molecular formula is C9H8BrF2NO. The Morgan fingerprint density at radius 2 is 2.14 bits per heavy atom. The molecule has 1 aromatic rings. The minimum atomic E-state index is -0.601. The number of carbonyl (C=O) groups is 1. The average Bonchev–Trinajstić information content (AvgIpc) is 2.08. The van der Waals surface area contributed by atoms with Gasteiger partial charge in [0, 0.05) is 28.5 Å². The Morgan fingerprint density at radius 1 is 1.43 bits per heavy atom. The zero-order valence-electron chi connectivity index (χ0n) is 7.19. The lowest BCUT2D eigenvalue weighted by Crippen LogP contribution is -2.19. The molecule has 1 rings (SSSR count). The van der Waals surface area contributed by atoms with Crippen LogP contribution in [-0.2, 0) is 6.42 Å². The number of nitrogens with one attached hydrogen (secondary N) is 1. The second kappa shape index (κ2) is 5.05. The van der Waals surface area contributed by atoms with Crippen molar-refractivity contribution in [1.29, 1.82) is 0 Å². The molecule has 0 aromatic heterocycles. The number of hydrogen-bond acceptors (Lipinski definition) is 1. The van der Waals surface area contributed by atoms with E-state index in [2.05, 4.69) is 21.2 Å². The summed E-state index contributed by atoms with van der Waals surface area (Å²) in [5.74, 6) is -1.19. The lowest BCUT2D eigenvalue weighted by molar-refractivity contribution is 0.262. The SMILES string of the molecule is O=C(Br)NCCc1ccc(F)cc1F. The van der Waals surface area contributed by atoms with Crippen LogP contribution in [0.3, 0.4) is 0 Å². The maximum Gasteiger partial charge on any atom is 0.287 e. The van der Waals surface area contributed by atoms with Crippen LogP contribution >= 0.6 is 15.9 Å². The lowest BCUT2D eigenvalue weighted by Gasteiger charge is -2.03. The van der Waals surface area contributed by atoms with Gasteiger partial charge >= 0.3 is 0 Å². The fourth-order valence-corrected chi connectivity index (χ4v) is 1.22. The Bertz CT molecular complexity index is 344. The molecule has 0 heterocycles. The van der Waals surface area contributed by atoms with Crippen molar-refractivity contribution in [2.45, 2.75) is 6.42 Å². The number of benzene rings is 1. The zero-order chi connectivity index (χ0) is 10.6. The second-order valence-corrected chi connectivity index (χ2v) is 3.41. The smallest absolute Gasteiger partial charge is 0.287 e. The Morgan fingerprint density at radius 3 is 2.71 bits per heavy atom. The summed E-state index contributed by atoms with van der Waals surface area (Å²) in [6.07, 6.45) is 0.337. The van der Waals surface area contributed by atoms with E-state index in [0.717, 1.165) is 6.07 Å². The minimum Gasteiger partial charge on any atom is -0.346 e. The molecule has 0 saturated carbocycles. The molecule has 2 nitrogen and oxygen atoms in total. The topological polar surface area (TPSA) is 29.1 Å². The molecule has 0 aliphatic heterocycles. The molecule has 1 aromatic carbocycles. The molecule has 76 valence electrons. The summed E-state index contributed by atoms with van der Waals surface area (Å²) in [5.41, 5.74) is 0.382. The van der Waals surface area contributed by atoms with Crippen molar-refractivity contribution in [2.75, 3.05) is 6.54 Å².